The number of rotatable bonds is 6. The van der Waals surface area contributed by atoms with Crippen LogP contribution in [0.1, 0.15) is 32.1 Å². The number of aromatic nitrogens is 1. The predicted molar refractivity (Wildman–Crippen MR) is 101 cm³/mol. The fourth-order valence-corrected chi connectivity index (χ4v) is 3.71. The summed E-state index contributed by atoms with van der Waals surface area (Å²) in [5.41, 5.74) is 2.85. The molecule has 5 heteroatoms. The van der Waals surface area contributed by atoms with Crippen molar-refractivity contribution >= 4 is 28.1 Å². The maximum absolute atomic E-state index is 12.3. The van der Waals surface area contributed by atoms with E-state index >= 15 is 0 Å². The van der Waals surface area contributed by atoms with E-state index in [0.29, 0.717) is 6.54 Å². The molecule has 0 aliphatic heterocycles. The van der Waals surface area contributed by atoms with Crippen molar-refractivity contribution in [2.75, 3.05) is 17.2 Å². The van der Waals surface area contributed by atoms with E-state index in [1.165, 1.54) is 19.3 Å². The van der Waals surface area contributed by atoms with Crippen molar-refractivity contribution in [2.45, 2.75) is 32.1 Å². The Morgan fingerprint density at radius 1 is 1.25 bits per heavy atom. The molecule has 24 heavy (non-hydrogen) atoms. The molecular weight excluding hydrogens is 318 g/mol. The van der Waals surface area contributed by atoms with Gasteiger partial charge in [0.25, 0.3) is 0 Å². The molecule has 1 fully saturated rings. The summed E-state index contributed by atoms with van der Waals surface area (Å²) >= 11 is 1.58. The van der Waals surface area contributed by atoms with E-state index in [4.69, 9.17) is 0 Å². The summed E-state index contributed by atoms with van der Waals surface area (Å²) in [5, 5.41) is 9.15. The molecule has 2 N–H and O–H groups in total. The number of nitrogens with one attached hydrogen (secondary N) is 2. The fraction of sp³-hybridized carbons (Fsp3) is 0.368. The highest BCUT2D eigenvalue weighted by Crippen LogP contribution is 2.27. The van der Waals surface area contributed by atoms with Gasteiger partial charge < -0.3 is 10.6 Å². The molecule has 126 valence electrons. The summed E-state index contributed by atoms with van der Waals surface area (Å²) in [4.78, 5) is 16.8. The zero-order chi connectivity index (χ0) is 16.8. The molecule has 1 aromatic heterocycles. The summed E-state index contributed by atoms with van der Waals surface area (Å²) in [7, 11) is 0. The molecular formula is C19H23N3OS. The molecule has 4 nitrogen and oxygen atoms in total. The molecule has 0 atom stereocenters. The summed E-state index contributed by atoms with van der Waals surface area (Å²) < 4.78 is 0. The molecule has 0 unspecified atom stereocenters. The second kappa shape index (κ2) is 8.11. The lowest BCUT2D eigenvalue weighted by Gasteiger charge is -2.20. The van der Waals surface area contributed by atoms with Gasteiger partial charge in [0.1, 0.15) is 0 Å². The molecule has 1 saturated carbocycles. The van der Waals surface area contributed by atoms with E-state index in [2.05, 4.69) is 22.2 Å². The van der Waals surface area contributed by atoms with Crippen LogP contribution in [-0.2, 0) is 4.79 Å². The van der Waals surface area contributed by atoms with Gasteiger partial charge in [-0.25, -0.2) is 4.98 Å². The minimum Gasteiger partial charge on any atom is -0.358 e. The van der Waals surface area contributed by atoms with Gasteiger partial charge in [-0.15, -0.1) is 17.9 Å². The normalized spacial score (nSPS) is 15.0. The van der Waals surface area contributed by atoms with Crippen molar-refractivity contribution in [2.24, 2.45) is 5.92 Å². The first-order valence-corrected chi connectivity index (χ1v) is 9.36. The van der Waals surface area contributed by atoms with E-state index < -0.39 is 0 Å². The lowest BCUT2D eigenvalue weighted by molar-refractivity contribution is -0.120. The summed E-state index contributed by atoms with van der Waals surface area (Å²) in [6.45, 7) is 4.39. The van der Waals surface area contributed by atoms with Crippen LogP contribution >= 0.6 is 11.3 Å². The monoisotopic (exact) mass is 341 g/mol. The van der Waals surface area contributed by atoms with Crippen LogP contribution in [0.3, 0.4) is 0 Å². The zero-order valence-electron chi connectivity index (χ0n) is 13.8. The molecule has 0 saturated heterocycles. The number of anilines is 2. The second-order valence-electron chi connectivity index (χ2n) is 6.11. The van der Waals surface area contributed by atoms with Crippen LogP contribution in [0.5, 0.6) is 0 Å². The third-order valence-electron chi connectivity index (χ3n) is 4.33. The Morgan fingerprint density at radius 3 is 2.71 bits per heavy atom. The van der Waals surface area contributed by atoms with E-state index in [9.17, 15) is 4.79 Å². The van der Waals surface area contributed by atoms with Gasteiger partial charge in [-0.05, 0) is 25.0 Å². The van der Waals surface area contributed by atoms with Crippen LogP contribution in [0.25, 0.3) is 11.3 Å². The minimum atomic E-state index is 0.159. The van der Waals surface area contributed by atoms with Crippen molar-refractivity contribution in [3.8, 4) is 11.3 Å². The van der Waals surface area contributed by atoms with Crippen molar-refractivity contribution in [3.05, 3.63) is 42.3 Å². The fourth-order valence-electron chi connectivity index (χ4n) is 2.98. The quantitative estimate of drug-likeness (QED) is 0.733. The number of carbonyl (C=O) groups excluding carboxylic acids is 1. The van der Waals surface area contributed by atoms with Crippen LogP contribution in [0.2, 0.25) is 0 Å². The van der Waals surface area contributed by atoms with Gasteiger partial charge >= 0.3 is 0 Å². The lowest BCUT2D eigenvalue weighted by Crippen LogP contribution is -2.24. The van der Waals surface area contributed by atoms with Crippen LogP contribution in [0.15, 0.2) is 42.3 Å². The second-order valence-corrected chi connectivity index (χ2v) is 6.97. The minimum absolute atomic E-state index is 0.159. The zero-order valence-corrected chi connectivity index (χ0v) is 14.6. The third kappa shape index (κ3) is 4.23. The predicted octanol–water partition coefficient (Wildman–Crippen LogP) is 4.93. The number of hydrogen-bond acceptors (Lipinski definition) is 4. The number of amides is 1. The molecule has 3 rings (SSSR count). The van der Waals surface area contributed by atoms with Crippen LogP contribution in [0.4, 0.5) is 10.8 Å². The highest BCUT2D eigenvalue weighted by atomic mass is 32.1. The van der Waals surface area contributed by atoms with Crippen molar-refractivity contribution < 1.29 is 4.79 Å². The highest BCUT2D eigenvalue weighted by Gasteiger charge is 2.20. The average Bonchev–Trinajstić information content (AvgIpc) is 3.10. The third-order valence-corrected chi connectivity index (χ3v) is 5.13. The molecule has 1 heterocycles. The van der Waals surface area contributed by atoms with Crippen LogP contribution in [0, 0.1) is 5.92 Å². The Kier molecular flexibility index (Phi) is 5.64. The molecule has 1 aromatic carbocycles. The first-order chi connectivity index (χ1) is 11.8. The number of nitrogens with zero attached hydrogens (tertiary/aromatic N) is 1. The molecule has 1 aliphatic carbocycles. The maximum Gasteiger partial charge on any atom is 0.227 e. The van der Waals surface area contributed by atoms with Gasteiger partial charge in [0.05, 0.1) is 5.69 Å². The molecule has 0 bridgehead atoms. The SMILES string of the molecule is C=CCNc1nc(-c2ccc(NC(=O)C3CCCCC3)cc2)cs1. The Hall–Kier alpha value is -2.14. The number of benzene rings is 1. The highest BCUT2D eigenvalue weighted by molar-refractivity contribution is 7.14. The molecule has 1 amide bonds. The number of hydrogen-bond donors (Lipinski definition) is 2. The number of carbonyl (C=O) groups is 1. The first-order valence-electron chi connectivity index (χ1n) is 8.48. The van der Waals surface area contributed by atoms with Crippen LogP contribution in [-0.4, -0.2) is 17.4 Å². The number of thiazole rings is 1. The Labute approximate surface area is 147 Å². The largest absolute Gasteiger partial charge is 0.358 e. The van der Waals surface area contributed by atoms with Gasteiger partial charge in [0.15, 0.2) is 5.13 Å². The van der Waals surface area contributed by atoms with E-state index in [1.54, 1.807) is 11.3 Å². The Morgan fingerprint density at radius 2 is 2.00 bits per heavy atom. The van der Waals surface area contributed by atoms with Gasteiger partial charge in [-0.1, -0.05) is 37.5 Å². The molecule has 1 aliphatic rings. The molecule has 0 spiro atoms. The Bertz CT molecular complexity index is 687. The van der Waals surface area contributed by atoms with Crippen molar-refractivity contribution in [1.82, 2.24) is 4.98 Å². The average molecular weight is 341 g/mol. The molecule has 2 aromatic rings. The summed E-state index contributed by atoms with van der Waals surface area (Å²) in [5.74, 6) is 0.336. The topological polar surface area (TPSA) is 54.0 Å². The lowest BCUT2D eigenvalue weighted by atomic mass is 9.88. The van der Waals surface area contributed by atoms with E-state index in [1.807, 2.05) is 35.7 Å². The van der Waals surface area contributed by atoms with Crippen LogP contribution < -0.4 is 10.6 Å². The summed E-state index contributed by atoms with van der Waals surface area (Å²) in [6, 6.07) is 7.91. The molecule has 0 radical (unpaired) electrons. The van der Waals surface area contributed by atoms with E-state index in [0.717, 1.165) is 34.9 Å². The Balaban J connectivity index is 1.61. The van der Waals surface area contributed by atoms with Crippen molar-refractivity contribution in [1.29, 1.82) is 0 Å². The van der Waals surface area contributed by atoms with Gasteiger partial charge in [0, 0.05) is 29.1 Å². The summed E-state index contributed by atoms with van der Waals surface area (Å²) in [6.07, 6.45) is 7.44. The maximum atomic E-state index is 12.3. The standard InChI is InChI=1S/C19H23N3OS/c1-2-12-20-19-22-17(13-24-19)14-8-10-16(11-9-14)21-18(23)15-6-4-3-5-7-15/h2,8-11,13,15H,1,3-7,12H2,(H,20,22)(H,21,23). The smallest absolute Gasteiger partial charge is 0.227 e. The van der Waals surface area contributed by atoms with Gasteiger partial charge in [-0.3, -0.25) is 4.79 Å². The van der Waals surface area contributed by atoms with Gasteiger partial charge in [-0.2, -0.15) is 0 Å². The van der Waals surface area contributed by atoms with E-state index in [-0.39, 0.29) is 11.8 Å². The van der Waals surface area contributed by atoms with Crippen molar-refractivity contribution in [3.63, 3.8) is 0 Å². The first kappa shape index (κ1) is 16.7. The van der Waals surface area contributed by atoms with Gasteiger partial charge in [0.2, 0.25) is 5.91 Å².